The van der Waals surface area contributed by atoms with Crippen LogP contribution in [0.15, 0.2) is 24.3 Å². The van der Waals surface area contributed by atoms with Crippen molar-refractivity contribution < 1.29 is 14.3 Å². The fourth-order valence-corrected chi connectivity index (χ4v) is 3.08. The van der Waals surface area contributed by atoms with Gasteiger partial charge in [0, 0.05) is 11.5 Å². The summed E-state index contributed by atoms with van der Waals surface area (Å²) >= 11 is 1.34. The number of amides is 2. The van der Waals surface area contributed by atoms with Crippen LogP contribution in [0.2, 0.25) is 0 Å². The van der Waals surface area contributed by atoms with E-state index in [1.54, 1.807) is 24.3 Å². The van der Waals surface area contributed by atoms with Gasteiger partial charge >= 0.3 is 0 Å². The number of benzene rings is 1. The fourth-order valence-electron chi connectivity index (χ4n) is 2.33. The fraction of sp³-hybridized carbons (Fsp3) is 0.474. The molecule has 8 heteroatoms. The van der Waals surface area contributed by atoms with Gasteiger partial charge in [0.15, 0.2) is 0 Å². The van der Waals surface area contributed by atoms with Gasteiger partial charge in [-0.15, -0.1) is 10.2 Å². The summed E-state index contributed by atoms with van der Waals surface area (Å²) in [6.07, 6.45) is 0. The van der Waals surface area contributed by atoms with Gasteiger partial charge in [0.25, 0.3) is 5.91 Å². The van der Waals surface area contributed by atoms with Gasteiger partial charge in [0.1, 0.15) is 16.8 Å². The second kappa shape index (κ2) is 9.45. The lowest BCUT2D eigenvalue weighted by Gasteiger charge is -2.21. The highest BCUT2D eigenvalue weighted by Crippen LogP contribution is 2.22. The summed E-state index contributed by atoms with van der Waals surface area (Å²) in [6, 6.07) is 6.13. The molecule has 0 saturated heterocycles. The number of carbonyl (C=O) groups is 2. The zero-order valence-corrected chi connectivity index (χ0v) is 17.1. The highest BCUT2D eigenvalue weighted by atomic mass is 32.1. The molecular weight excluding hydrogens is 364 g/mol. The molecule has 0 spiro atoms. The maximum Gasteiger partial charge on any atom is 0.251 e. The van der Waals surface area contributed by atoms with Crippen molar-refractivity contribution in [2.75, 3.05) is 11.9 Å². The quantitative estimate of drug-likeness (QED) is 0.720. The first-order valence-electron chi connectivity index (χ1n) is 8.99. The van der Waals surface area contributed by atoms with Crippen molar-refractivity contribution in [2.24, 2.45) is 5.92 Å². The van der Waals surface area contributed by atoms with Crippen molar-refractivity contribution in [3.8, 4) is 5.75 Å². The molecule has 0 aliphatic rings. The Bertz CT molecular complexity index is 772. The summed E-state index contributed by atoms with van der Waals surface area (Å²) in [7, 11) is 0. The number of anilines is 1. The number of rotatable bonds is 8. The molecule has 1 unspecified atom stereocenters. The third-order valence-corrected chi connectivity index (χ3v) is 4.97. The maximum absolute atomic E-state index is 12.6. The predicted molar refractivity (Wildman–Crippen MR) is 106 cm³/mol. The number of hydrogen-bond acceptors (Lipinski definition) is 6. The molecular formula is C19H26N4O3S. The Morgan fingerprint density at radius 1 is 1.11 bits per heavy atom. The molecule has 7 nitrogen and oxygen atoms in total. The molecule has 1 heterocycles. The number of aromatic nitrogens is 2. The largest absolute Gasteiger partial charge is 0.494 e. The highest BCUT2D eigenvalue weighted by Gasteiger charge is 2.26. The topological polar surface area (TPSA) is 93.2 Å². The third-order valence-electron chi connectivity index (χ3n) is 3.83. The zero-order valence-electron chi connectivity index (χ0n) is 16.3. The summed E-state index contributed by atoms with van der Waals surface area (Å²) in [5.41, 5.74) is 0.468. The third kappa shape index (κ3) is 5.75. The first-order chi connectivity index (χ1) is 12.8. The van der Waals surface area contributed by atoms with Crippen LogP contribution in [-0.2, 0) is 4.79 Å². The molecule has 2 aromatic rings. The monoisotopic (exact) mass is 390 g/mol. The van der Waals surface area contributed by atoms with Crippen molar-refractivity contribution in [3.05, 3.63) is 34.8 Å². The number of carbonyl (C=O) groups excluding carboxylic acids is 2. The summed E-state index contributed by atoms with van der Waals surface area (Å²) in [5.74, 6) is 0.231. The predicted octanol–water partition coefficient (Wildman–Crippen LogP) is 3.45. The molecule has 146 valence electrons. The Balaban J connectivity index is 2.04. The Hall–Kier alpha value is -2.48. The minimum atomic E-state index is -0.685. The first kappa shape index (κ1) is 20.8. The first-order valence-corrected chi connectivity index (χ1v) is 9.81. The van der Waals surface area contributed by atoms with E-state index in [0.717, 1.165) is 5.01 Å². The zero-order chi connectivity index (χ0) is 20.0. The van der Waals surface area contributed by atoms with Gasteiger partial charge in [0.05, 0.1) is 6.61 Å². The van der Waals surface area contributed by atoms with Crippen LogP contribution in [-0.4, -0.2) is 34.7 Å². The molecule has 1 atom stereocenters. The molecule has 0 bridgehead atoms. The summed E-state index contributed by atoms with van der Waals surface area (Å²) in [4.78, 5) is 25.2. The van der Waals surface area contributed by atoms with Gasteiger partial charge < -0.3 is 10.1 Å². The molecule has 0 aliphatic carbocycles. The summed E-state index contributed by atoms with van der Waals surface area (Å²) in [5, 5.41) is 14.9. The lowest BCUT2D eigenvalue weighted by atomic mass is 10.0. The molecule has 2 amide bonds. The second-order valence-electron chi connectivity index (χ2n) is 6.74. The van der Waals surface area contributed by atoms with Gasteiger partial charge in [-0.05, 0) is 37.1 Å². The molecule has 0 aliphatic heterocycles. The normalized spacial score (nSPS) is 12.1. The van der Waals surface area contributed by atoms with Crippen LogP contribution in [0.5, 0.6) is 5.75 Å². The van der Waals surface area contributed by atoms with E-state index < -0.39 is 6.04 Å². The summed E-state index contributed by atoms with van der Waals surface area (Å²) in [6.45, 7) is 10.2. The Kier molecular flexibility index (Phi) is 7.29. The number of nitrogens with zero attached hydrogens (tertiary/aromatic N) is 2. The van der Waals surface area contributed by atoms with Crippen molar-refractivity contribution in [2.45, 2.75) is 46.6 Å². The highest BCUT2D eigenvalue weighted by molar-refractivity contribution is 7.15. The molecule has 1 aromatic heterocycles. The van der Waals surface area contributed by atoms with Crippen LogP contribution in [0, 0.1) is 5.92 Å². The van der Waals surface area contributed by atoms with Crippen LogP contribution in [0.1, 0.15) is 55.9 Å². The molecule has 0 radical (unpaired) electrons. The van der Waals surface area contributed by atoms with E-state index in [4.69, 9.17) is 4.74 Å². The average Bonchev–Trinajstić information content (AvgIpc) is 3.08. The second-order valence-corrected chi connectivity index (χ2v) is 7.75. The smallest absolute Gasteiger partial charge is 0.251 e. The number of hydrogen-bond donors (Lipinski definition) is 2. The van der Waals surface area contributed by atoms with Gasteiger partial charge in [0.2, 0.25) is 11.0 Å². The van der Waals surface area contributed by atoms with E-state index in [1.165, 1.54) is 11.3 Å². The van der Waals surface area contributed by atoms with Crippen LogP contribution < -0.4 is 15.4 Å². The van der Waals surface area contributed by atoms with E-state index in [0.29, 0.717) is 23.1 Å². The van der Waals surface area contributed by atoms with Crippen molar-refractivity contribution >= 4 is 28.3 Å². The lowest BCUT2D eigenvalue weighted by Crippen LogP contribution is -2.47. The maximum atomic E-state index is 12.6. The van der Waals surface area contributed by atoms with Crippen LogP contribution in [0.3, 0.4) is 0 Å². The van der Waals surface area contributed by atoms with Crippen molar-refractivity contribution in [3.63, 3.8) is 0 Å². The van der Waals surface area contributed by atoms with Gasteiger partial charge in [-0.3, -0.25) is 14.9 Å². The van der Waals surface area contributed by atoms with Gasteiger partial charge in [-0.25, -0.2) is 0 Å². The Labute approximate surface area is 163 Å². The van der Waals surface area contributed by atoms with Gasteiger partial charge in [-0.2, -0.15) is 0 Å². The molecule has 2 rings (SSSR count). The molecule has 2 N–H and O–H groups in total. The average molecular weight is 391 g/mol. The van der Waals surface area contributed by atoms with Gasteiger partial charge in [-0.1, -0.05) is 39.0 Å². The molecule has 27 heavy (non-hydrogen) atoms. The van der Waals surface area contributed by atoms with Crippen LogP contribution in [0.4, 0.5) is 5.13 Å². The number of nitrogens with one attached hydrogen (secondary N) is 2. The molecule has 0 fully saturated rings. The van der Waals surface area contributed by atoms with E-state index >= 15 is 0 Å². The van der Waals surface area contributed by atoms with Crippen molar-refractivity contribution in [1.29, 1.82) is 0 Å². The van der Waals surface area contributed by atoms with Crippen molar-refractivity contribution in [1.82, 2.24) is 15.5 Å². The van der Waals surface area contributed by atoms with Crippen LogP contribution in [0.25, 0.3) is 0 Å². The number of ether oxygens (including phenoxy) is 1. The van der Waals surface area contributed by atoms with E-state index in [-0.39, 0.29) is 23.7 Å². The Morgan fingerprint density at radius 3 is 2.30 bits per heavy atom. The molecule has 0 saturated carbocycles. The van der Waals surface area contributed by atoms with Crippen LogP contribution >= 0.6 is 11.3 Å². The minimum absolute atomic E-state index is 0.0888. The van der Waals surface area contributed by atoms with E-state index in [9.17, 15) is 9.59 Å². The van der Waals surface area contributed by atoms with E-state index in [2.05, 4.69) is 20.8 Å². The minimum Gasteiger partial charge on any atom is -0.494 e. The Morgan fingerprint density at radius 2 is 1.78 bits per heavy atom. The molecule has 1 aromatic carbocycles. The standard InChI is InChI=1S/C19H26N4O3S/c1-6-26-14-9-7-13(8-10-14)16(24)20-15(11(2)3)17(25)21-19-23-22-18(27-19)12(4)5/h7-12,15H,6H2,1-5H3,(H,20,24)(H,21,23,25). The van der Waals surface area contributed by atoms with E-state index in [1.807, 2.05) is 34.6 Å². The SMILES string of the molecule is CCOc1ccc(C(=O)NC(C(=O)Nc2nnc(C(C)C)s2)C(C)C)cc1. The summed E-state index contributed by atoms with van der Waals surface area (Å²) < 4.78 is 5.38. The lowest BCUT2D eigenvalue weighted by molar-refractivity contribution is -0.118.